The highest BCUT2D eigenvalue weighted by Crippen LogP contribution is 2.59. The van der Waals surface area contributed by atoms with Crippen molar-refractivity contribution in [2.45, 2.75) is 51.2 Å². The van der Waals surface area contributed by atoms with Gasteiger partial charge >= 0.3 is 5.97 Å². The summed E-state index contributed by atoms with van der Waals surface area (Å²) < 4.78 is 5.80. The number of nitrogens with zero attached hydrogens (tertiary/aromatic N) is 1. The van der Waals surface area contributed by atoms with Crippen LogP contribution >= 0.6 is 0 Å². The molecule has 5 heteroatoms. The van der Waals surface area contributed by atoms with Gasteiger partial charge in [0.25, 0.3) is 0 Å². The standard InChI is InChI=1S/C15H23NO4/c1-3-20-12-8-11(15(12)5-4-6-15)16(2)13(17)9-7-10(9)14(18)19/h9-12H,3-8H2,1-2H3,(H,18,19). The minimum absolute atomic E-state index is 0.0172. The molecule has 1 spiro atoms. The Morgan fingerprint density at radius 3 is 2.45 bits per heavy atom. The predicted molar refractivity (Wildman–Crippen MR) is 72.1 cm³/mol. The lowest BCUT2D eigenvalue weighted by Crippen LogP contribution is -2.68. The van der Waals surface area contributed by atoms with Gasteiger partial charge in [-0.05, 0) is 32.6 Å². The van der Waals surface area contributed by atoms with E-state index in [0.29, 0.717) is 6.42 Å². The van der Waals surface area contributed by atoms with Crippen LogP contribution in [0.15, 0.2) is 0 Å². The molecule has 0 saturated heterocycles. The van der Waals surface area contributed by atoms with Gasteiger partial charge in [-0.3, -0.25) is 9.59 Å². The third kappa shape index (κ3) is 1.86. The summed E-state index contributed by atoms with van der Waals surface area (Å²) in [6.07, 6.45) is 5.17. The van der Waals surface area contributed by atoms with E-state index < -0.39 is 11.9 Å². The van der Waals surface area contributed by atoms with Crippen molar-refractivity contribution in [2.24, 2.45) is 17.3 Å². The third-order valence-corrected chi connectivity index (χ3v) is 5.63. The maximum Gasteiger partial charge on any atom is 0.307 e. The number of carboxylic acids is 1. The van der Waals surface area contributed by atoms with Crippen LogP contribution < -0.4 is 0 Å². The highest BCUT2D eigenvalue weighted by molar-refractivity contribution is 5.89. The minimum atomic E-state index is -0.837. The van der Waals surface area contributed by atoms with Crippen molar-refractivity contribution in [3.63, 3.8) is 0 Å². The number of hydrogen-bond acceptors (Lipinski definition) is 3. The zero-order chi connectivity index (χ0) is 14.5. The molecule has 5 nitrogen and oxygen atoms in total. The van der Waals surface area contributed by atoms with Gasteiger partial charge in [0.05, 0.1) is 17.9 Å². The van der Waals surface area contributed by atoms with E-state index in [1.54, 1.807) is 0 Å². The van der Waals surface area contributed by atoms with E-state index in [-0.39, 0.29) is 29.4 Å². The van der Waals surface area contributed by atoms with Crippen molar-refractivity contribution in [3.05, 3.63) is 0 Å². The lowest BCUT2D eigenvalue weighted by Gasteiger charge is -2.63. The second kappa shape index (κ2) is 4.72. The Labute approximate surface area is 119 Å². The summed E-state index contributed by atoms with van der Waals surface area (Å²) in [4.78, 5) is 25.1. The number of hydrogen-bond donors (Lipinski definition) is 1. The van der Waals surface area contributed by atoms with E-state index in [1.807, 2.05) is 18.9 Å². The largest absolute Gasteiger partial charge is 0.481 e. The first-order valence-electron chi connectivity index (χ1n) is 7.62. The van der Waals surface area contributed by atoms with Crippen LogP contribution in [0.2, 0.25) is 0 Å². The molecular formula is C15H23NO4. The zero-order valence-corrected chi connectivity index (χ0v) is 12.2. The van der Waals surface area contributed by atoms with Crippen LogP contribution in [0.25, 0.3) is 0 Å². The van der Waals surface area contributed by atoms with Crippen LogP contribution in [0.4, 0.5) is 0 Å². The molecule has 0 heterocycles. The fourth-order valence-corrected chi connectivity index (χ4v) is 4.10. The normalized spacial score (nSPS) is 36.9. The van der Waals surface area contributed by atoms with E-state index in [0.717, 1.165) is 25.9 Å². The predicted octanol–water partition coefficient (Wildman–Crippen LogP) is 1.51. The lowest BCUT2D eigenvalue weighted by molar-refractivity contribution is -0.203. The highest BCUT2D eigenvalue weighted by Gasteiger charge is 2.62. The van der Waals surface area contributed by atoms with Gasteiger partial charge < -0.3 is 14.7 Å². The number of carbonyl (C=O) groups is 2. The molecule has 0 radical (unpaired) electrons. The number of carboxylic acid groups (broad SMARTS) is 1. The smallest absolute Gasteiger partial charge is 0.307 e. The third-order valence-electron chi connectivity index (χ3n) is 5.63. The van der Waals surface area contributed by atoms with Crippen LogP contribution in [0.1, 0.15) is 39.0 Å². The molecule has 3 saturated carbocycles. The first-order chi connectivity index (χ1) is 9.51. The van der Waals surface area contributed by atoms with E-state index in [1.165, 1.54) is 6.42 Å². The number of amides is 1. The molecule has 3 rings (SSSR count). The first-order valence-corrected chi connectivity index (χ1v) is 7.62. The van der Waals surface area contributed by atoms with Crippen molar-refractivity contribution in [2.75, 3.05) is 13.7 Å². The molecule has 1 N–H and O–H groups in total. The second-order valence-corrected chi connectivity index (χ2v) is 6.52. The summed E-state index contributed by atoms with van der Waals surface area (Å²) in [5.41, 5.74) is 0.161. The second-order valence-electron chi connectivity index (χ2n) is 6.52. The molecule has 0 aliphatic heterocycles. The van der Waals surface area contributed by atoms with Crippen molar-refractivity contribution < 1.29 is 19.4 Å². The molecule has 3 fully saturated rings. The van der Waals surface area contributed by atoms with E-state index in [4.69, 9.17) is 9.84 Å². The van der Waals surface area contributed by atoms with Crippen molar-refractivity contribution in [3.8, 4) is 0 Å². The monoisotopic (exact) mass is 281 g/mol. The topological polar surface area (TPSA) is 66.8 Å². The summed E-state index contributed by atoms with van der Waals surface area (Å²) in [6.45, 7) is 2.73. The molecule has 3 aliphatic carbocycles. The molecule has 0 aromatic carbocycles. The van der Waals surface area contributed by atoms with Gasteiger partial charge in [0.15, 0.2) is 0 Å². The Bertz CT molecular complexity index is 432. The van der Waals surface area contributed by atoms with Crippen LogP contribution in [-0.2, 0) is 14.3 Å². The minimum Gasteiger partial charge on any atom is -0.481 e. The Hall–Kier alpha value is -1.10. The molecule has 112 valence electrons. The molecule has 4 atom stereocenters. The summed E-state index contributed by atoms with van der Waals surface area (Å²) in [7, 11) is 1.84. The average Bonchev–Trinajstić information content (AvgIpc) is 3.10. The fraction of sp³-hybridized carbons (Fsp3) is 0.867. The SMILES string of the molecule is CCOC1CC(N(C)C(=O)C2CC2C(=O)O)C12CCC2. The average molecular weight is 281 g/mol. The quantitative estimate of drug-likeness (QED) is 0.829. The molecule has 4 unspecified atom stereocenters. The highest BCUT2D eigenvalue weighted by atomic mass is 16.5. The summed E-state index contributed by atoms with van der Waals surface area (Å²) in [6, 6.07) is 0.246. The van der Waals surface area contributed by atoms with Gasteiger partial charge in [0, 0.05) is 25.1 Å². The summed E-state index contributed by atoms with van der Waals surface area (Å²) >= 11 is 0. The van der Waals surface area contributed by atoms with E-state index >= 15 is 0 Å². The zero-order valence-electron chi connectivity index (χ0n) is 12.2. The van der Waals surface area contributed by atoms with Crippen LogP contribution in [-0.4, -0.2) is 47.7 Å². The summed E-state index contributed by atoms with van der Waals surface area (Å²) in [5.74, 6) is -1.56. The van der Waals surface area contributed by atoms with Gasteiger partial charge in [-0.15, -0.1) is 0 Å². The molecule has 3 aliphatic rings. The lowest BCUT2D eigenvalue weighted by atomic mass is 9.50. The Kier molecular flexibility index (Phi) is 3.27. The number of ether oxygens (including phenoxy) is 1. The molecule has 0 aromatic rings. The van der Waals surface area contributed by atoms with Crippen LogP contribution in [0, 0.1) is 17.3 Å². The first kappa shape index (κ1) is 13.9. The Morgan fingerprint density at radius 1 is 1.30 bits per heavy atom. The van der Waals surface area contributed by atoms with Gasteiger partial charge in [0.2, 0.25) is 5.91 Å². The number of aliphatic carboxylic acids is 1. The van der Waals surface area contributed by atoms with Crippen molar-refractivity contribution >= 4 is 11.9 Å². The molecule has 0 aromatic heterocycles. The molecular weight excluding hydrogens is 258 g/mol. The fourth-order valence-electron chi connectivity index (χ4n) is 4.10. The van der Waals surface area contributed by atoms with E-state index in [9.17, 15) is 9.59 Å². The molecule has 0 bridgehead atoms. The van der Waals surface area contributed by atoms with Gasteiger partial charge in [0.1, 0.15) is 0 Å². The Morgan fingerprint density at radius 2 is 2.00 bits per heavy atom. The maximum absolute atomic E-state index is 12.4. The van der Waals surface area contributed by atoms with Crippen LogP contribution in [0.5, 0.6) is 0 Å². The van der Waals surface area contributed by atoms with Crippen molar-refractivity contribution in [1.82, 2.24) is 4.90 Å². The van der Waals surface area contributed by atoms with E-state index in [2.05, 4.69) is 0 Å². The maximum atomic E-state index is 12.4. The number of rotatable bonds is 5. The molecule has 20 heavy (non-hydrogen) atoms. The van der Waals surface area contributed by atoms with Crippen LogP contribution in [0.3, 0.4) is 0 Å². The molecule has 1 amide bonds. The van der Waals surface area contributed by atoms with Gasteiger partial charge in [-0.25, -0.2) is 0 Å². The number of carbonyl (C=O) groups excluding carboxylic acids is 1. The van der Waals surface area contributed by atoms with Gasteiger partial charge in [-0.1, -0.05) is 6.42 Å². The summed E-state index contributed by atoms with van der Waals surface area (Å²) in [5, 5.41) is 8.95. The van der Waals surface area contributed by atoms with Crippen molar-refractivity contribution in [1.29, 1.82) is 0 Å². The Balaban J connectivity index is 1.62. The van der Waals surface area contributed by atoms with Gasteiger partial charge in [-0.2, -0.15) is 0 Å².